The summed E-state index contributed by atoms with van der Waals surface area (Å²) in [7, 11) is 3.50. The predicted molar refractivity (Wildman–Crippen MR) is 84.3 cm³/mol. The number of amides is 2. The predicted octanol–water partition coefficient (Wildman–Crippen LogP) is 2.12. The second kappa shape index (κ2) is 8.64. The molecule has 0 unspecified atom stereocenters. The van der Waals surface area contributed by atoms with Crippen molar-refractivity contribution in [3.63, 3.8) is 0 Å². The van der Waals surface area contributed by atoms with Gasteiger partial charge in [-0.2, -0.15) is 8.78 Å². The molecule has 1 aromatic carbocycles. The molecule has 0 saturated heterocycles. The number of nitrogens with zero attached hydrogens (tertiary/aromatic N) is 1. The molecule has 0 saturated carbocycles. The summed E-state index contributed by atoms with van der Waals surface area (Å²) >= 11 is 6.13. The summed E-state index contributed by atoms with van der Waals surface area (Å²) in [4.78, 5) is 25.1. The maximum absolute atomic E-state index is 12.0. The smallest absolute Gasteiger partial charge is 0.387 e. The first-order valence-electron chi connectivity index (χ1n) is 6.02. The summed E-state index contributed by atoms with van der Waals surface area (Å²) in [6.07, 6.45) is 0. The molecule has 2 amide bonds. The molecular formula is C13H14F2N2O3S2. The van der Waals surface area contributed by atoms with Crippen LogP contribution in [0.2, 0.25) is 0 Å². The van der Waals surface area contributed by atoms with Crippen LogP contribution in [0, 0.1) is 0 Å². The second-order valence-electron chi connectivity index (χ2n) is 4.23. The van der Waals surface area contributed by atoms with E-state index in [9.17, 15) is 18.4 Å². The topological polar surface area (TPSA) is 58.6 Å². The lowest BCUT2D eigenvalue weighted by Gasteiger charge is -2.12. The number of hydrogen-bond donors (Lipinski definition) is 1. The Morgan fingerprint density at radius 2 is 1.91 bits per heavy atom. The number of rotatable bonds is 5. The van der Waals surface area contributed by atoms with Crippen LogP contribution in [-0.4, -0.2) is 47.5 Å². The number of halogens is 2. The van der Waals surface area contributed by atoms with E-state index in [1.165, 1.54) is 24.3 Å². The van der Waals surface area contributed by atoms with Crippen molar-refractivity contribution in [2.75, 3.05) is 19.8 Å². The fourth-order valence-corrected chi connectivity index (χ4v) is 2.04. The van der Waals surface area contributed by atoms with Gasteiger partial charge in [-0.05, 0) is 24.3 Å². The third kappa shape index (κ3) is 6.35. The molecule has 0 bridgehead atoms. The van der Waals surface area contributed by atoms with Gasteiger partial charge in [0.1, 0.15) is 10.1 Å². The molecule has 0 aliphatic carbocycles. The molecule has 0 heterocycles. The Labute approximate surface area is 136 Å². The summed E-state index contributed by atoms with van der Waals surface area (Å²) in [5, 5.41) is 2.18. The van der Waals surface area contributed by atoms with E-state index < -0.39 is 18.4 Å². The van der Waals surface area contributed by atoms with Gasteiger partial charge in [-0.3, -0.25) is 14.9 Å². The van der Waals surface area contributed by atoms with Crippen molar-refractivity contribution in [2.45, 2.75) is 6.61 Å². The van der Waals surface area contributed by atoms with Crippen LogP contribution in [0.4, 0.5) is 8.78 Å². The molecule has 22 heavy (non-hydrogen) atoms. The highest BCUT2D eigenvalue weighted by Crippen LogP contribution is 2.15. The van der Waals surface area contributed by atoms with E-state index in [1.807, 2.05) is 0 Å². The summed E-state index contributed by atoms with van der Waals surface area (Å²) in [5.74, 6) is -1.17. The first-order valence-corrected chi connectivity index (χ1v) is 7.42. The highest BCUT2D eigenvalue weighted by Gasteiger charge is 2.12. The number of benzene rings is 1. The highest BCUT2D eigenvalue weighted by atomic mass is 32.2. The van der Waals surface area contributed by atoms with Crippen molar-refractivity contribution in [1.82, 2.24) is 10.2 Å². The van der Waals surface area contributed by atoms with Gasteiger partial charge < -0.3 is 9.64 Å². The van der Waals surface area contributed by atoms with Crippen LogP contribution < -0.4 is 10.1 Å². The van der Waals surface area contributed by atoms with Gasteiger partial charge in [-0.1, -0.05) is 24.0 Å². The minimum atomic E-state index is -2.93. The zero-order chi connectivity index (χ0) is 16.7. The van der Waals surface area contributed by atoms with Gasteiger partial charge in [0.05, 0.1) is 5.75 Å². The number of alkyl halides is 2. The SMILES string of the molecule is CN(C)C(=S)SCC(=O)NC(=O)c1ccc(OC(F)F)cc1. The number of carbonyl (C=O) groups excluding carboxylic acids is 2. The number of thiocarbonyl (C=S) groups is 1. The van der Waals surface area contributed by atoms with Crippen molar-refractivity contribution in [1.29, 1.82) is 0 Å². The van der Waals surface area contributed by atoms with E-state index in [0.717, 1.165) is 11.8 Å². The van der Waals surface area contributed by atoms with E-state index in [2.05, 4.69) is 10.1 Å². The van der Waals surface area contributed by atoms with Crippen LogP contribution in [-0.2, 0) is 4.79 Å². The first kappa shape index (κ1) is 18.3. The number of ether oxygens (including phenoxy) is 1. The van der Waals surface area contributed by atoms with E-state index >= 15 is 0 Å². The van der Waals surface area contributed by atoms with Crippen LogP contribution >= 0.6 is 24.0 Å². The number of carbonyl (C=O) groups is 2. The lowest BCUT2D eigenvalue weighted by molar-refractivity contribution is -0.117. The van der Waals surface area contributed by atoms with Crippen molar-refractivity contribution in [3.05, 3.63) is 29.8 Å². The normalized spacial score (nSPS) is 10.2. The Balaban J connectivity index is 2.50. The Morgan fingerprint density at radius 3 is 2.41 bits per heavy atom. The Bertz CT molecular complexity index is 551. The second-order valence-corrected chi connectivity index (χ2v) is 5.84. The monoisotopic (exact) mass is 348 g/mol. The fourth-order valence-electron chi connectivity index (χ4n) is 1.28. The molecule has 0 aliphatic rings. The molecule has 1 aromatic rings. The van der Waals surface area contributed by atoms with Crippen LogP contribution in [0.5, 0.6) is 5.75 Å². The van der Waals surface area contributed by atoms with Crippen molar-refractivity contribution >= 4 is 40.1 Å². The quantitative estimate of drug-likeness (QED) is 0.823. The van der Waals surface area contributed by atoms with Crippen molar-refractivity contribution in [3.8, 4) is 5.75 Å². The molecule has 5 nitrogen and oxygen atoms in total. The maximum atomic E-state index is 12.0. The molecule has 0 fully saturated rings. The molecule has 0 radical (unpaired) electrons. The molecule has 0 atom stereocenters. The third-order valence-electron chi connectivity index (χ3n) is 2.29. The third-order valence-corrected chi connectivity index (χ3v) is 4.02. The van der Waals surface area contributed by atoms with Gasteiger partial charge in [-0.15, -0.1) is 0 Å². The number of thioether (sulfide) groups is 1. The maximum Gasteiger partial charge on any atom is 0.387 e. The van der Waals surface area contributed by atoms with Crippen LogP contribution in [0.25, 0.3) is 0 Å². The van der Waals surface area contributed by atoms with E-state index in [-0.39, 0.29) is 17.1 Å². The van der Waals surface area contributed by atoms with Crippen molar-refractivity contribution < 1.29 is 23.1 Å². The number of hydrogen-bond acceptors (Lipinski definition) is 5. The van der Waals surface area contributed by atoms with E-state index in [0.29, 0.717) is 4.32 Å². The average molecular weight is 348 g/mol. The Morgan fingerprint density at radius 1 is 1.32 bits per heavy atom. The molecule has 0 aliphatic heterocycles. The van der Waals surface area contributed by atoms with Gasteiger partial charge in [0.15, 0.2) is 0 Å². The summed E-state index contributed by atoms with van der Waals surface area (Å²) in [6, 6.07) is 5.03. The summed E-state index contributed by atoms with van der Waals surface area (Å²) in [5.41, 5.74) is 0.162. The molecule has 0 aromatic heterocycles. The van der Waals surface area contributed by atoms with Gasteiger partial charge in [0, 0.05) is 19.7 Å². The minimum Gasteiger partial charge on any atom is -0.435 e. The van der Waals surface area contributed by atoms with Crippen LogP contribution in [0.15, 0.2) is 24.3 Å². The Kier molecular flexibility index (Phi) is 7.19. The number of imide groups is 1. The van der Waals surface area contributed by atoms with Gasteiger partial charge in [-0.25, -0.2) is 0 Å². The zero-order valence-electron chi connectivity index (χ0n) is 11.8. The summed E-state index contributed by atoms with van der Waals surface area (Å²) in [6.45, 7) is -2.93. The lowest BCUT2D eigenvalue weighted by Crippen LogP contribution is -2.32. The molecule has 9 heteroatoms. The molecule has 1 rings (SSSR count). The van der Waals surface area contributed by atoms with Crippen LogP contribution in [0.3, 0.4) is 0 Å². The number of nitrogens with one attached hydrogen (secondary N) is 1. The highest BCUT2D eigenvalue weighted by molar-refractivity contribution is 8.23. The molecule has 1 N–H and O–H groups in total. The minimum absolute atomic E-state index is 0.00926. The average Bonchev–Trinajstić information content (AvgIpc) is 2.44. The fraction of sp³-hybridized carbons (Fsp3) is 0.308. The first-order chi connectivity index (χ1) is 10.3. The molecule has 0 spiro atoms. The van der Waals surface area contributed by atoms with Gasteiger partial charge in [0.2, 0.25) is 5.91 Å². The standard InChI is InChI=1S/C13H14F2N2O3S2/c1-17(2)13(21)22-7-10(18)16-11(19)8-3-5-9(6-4-8)20-12(14)15/h3-6,12H,7H2,1-2H3,(H,16,18,19). The lowest BCUT2D eigenvalue weighted by atomic mass is 10.2. The van der Waals surface area contributed by atoms with E-state index in [1.54, 1.807) is 19.0 Å². The van der Waals surface area contributed by atoms with Gasteiger partial charge in [0.25, 0.3) is 5.91 Å². The largest absolute Gasteiger partial charge is 0.435 e. The Hall–Kier alpha value is -1.74. The van der Waals surface area contributed by atoms with Crippen LogP contribution in [0.1, 0.15) is 10.4 Å². The molecule has 120 valence electrons. The summed E-state index contributed by atoms with van der Waals surface area (Å²) < 4.78 is 28.7. The zero-order valence-corrected chi connectivity index (χ0v) is 13.5. The van der Waals surface area contributed by atoms with Crippen molar-refractivity contribution in [2.24, 2.45) is 0 Å². The van der Waals surface area contributed by atoms with Gasteiger partial charge >= 0.3 is 6.61 Å². The molecular weight excluding hydrogens is 334 g/mol. The van der Waals surface area contributed by atoms with E-state index in [4.69, 9.17) is 12.2 Å².